The molecule has 4 aromatic carbocycles. The number of aliphatic hydroxyl groups excluding tert-OH is 1. The molecule has 3 atom stereocenters. The molecule has 0 aliphatic carbocycles. The zero-order chi connectivity index (χ0) is 33.4. The van der Waals surface area contributed by atoms with Crippen LogP contribution in [-0.4, -0.2) is 63.6 Å². The van der Waals surface area contributed by atoms with Crippen molar-refractivity contribution in [1.82, 2.24) is 0 Å². The van der Waals surface area contributed by atoms with Crippen LogP contribution in [0.3, 0.4) is 0 Å². The normalized spacial score (nSPS) is 17.5. The summed E-state index contributed by atoms with van der Waals surface area (Å²) in [7, 11) is 1.67. The molecule has 2 heterocycles. The van der Waals surface area contributed by atoms with Gasteiger partial charge in [0.05, 0.1) is 26.4 Å². The lowest BCUT2D eigenvalue weighted by atomic mass is 9.78. The summed E-state index contributed by atoms with van der Waals surface area (Å²) in [6, 6.07) is 32.4. The second-order valence-electron chi connectivity index (χ2n) is 13.2. The second-order valence-corrected chi connectivity index (χ2v) is 13.2. The van der Waals surface area contributed by atoms with Gasteiger partial charge >= 0.3 is 0 Å². The molecule has 0 radical (unpaired) electrons. The Morgan fingerprint density at radius 3 is 1.21 bits per heavy atom. The van der Waals surface area contributed by atoms with E-state index in [1.807, 2.05) is 48.5 Å². The number of aliphatic hydroxyl groups is 1. The molecule has 7 nitrogen and oxygen atoms in total. The Hall–Kier alpha value is -4.04. The Balaban J connectivity index is 0.00000101. The molecule has 4 aromatic rings. The first-order valence-corrected chi connectivity index (χ1v) is 16.3. The van der Waals surface area contributed by atoms with Crippen LogP contribution in [-0.2, 0) is 20.3 Å². The Kier molecular flexibility index (Phi) is 11.1. The maximum atomic E-state index is 10.5. The number of epoxide rings is 2. The van der Waals surface area contributed by atoms with Crippen LogP contribution in [0.15, 0.2) is 97.1 Å². The molecule has 0 bridgehead atoms. The maximum Gasteiger partial charge on any atom is 0.122 e. The van der Waals surface area contributed by atoms with Crippen LogP contribution >= 0.6 is 0 Å². The van der Waals surface area contributed by atoms with E-state index in [1.165, 1.54) is 22.3 Å². The average Bonchev–Trinajstić information content (AvgIpc) is 4.04. The molecule has 6 rings (SSSR count). The van der Waals surface area contributed by atoms with E-state index in [0.717, 1.165) is 24.7 Å². The van der Waals surface area contributed by atoms with Gasteiger partial charge in [-0.1, -0.05) is 76.2 Å². The van der Waals surface area contributed by atoms with Crippen molar-refractivity contribution >= 4 is 0 Å². The summed E-state index contributed by atoms with van der Waals surface area (Å²) in [5.74, 6) is 3.11. The van der Waals surface area contributed by atoms with E-state index in [-0.39, 0.29) is 30.1 Å². The Labute approximate surface area is 279 Å². The van der Waals surface area contributed by atoms with Gasteiger partial charge in [0.25, 0.3) is 0 Å². The van der Waals surface area contributed by atoms with Gasteiger partial charge in [0.15, 0.2) is 0 Å². The van der Waals surface area contributed by atoms with Gasteiger partial charge in [-0.05, 0) is 77.7 Å². The van der Waals surface area contributed by atoms with Gasteiger partial charge in [0.1, 0.15) is 55.0 Å². The van der Waals surface area contributed by atoms with Crippen molar-refractivity contribution in [3.63, 3.8) is 0 Å². The molecule has 2 fully saturated rings. The van der Waals surface area contributed by atoms with Crippen molar-refractivity contribution in [2.24, 2.45) is 0 Å². The predicted molar refractivity (Wildman–Crippen MR) is 184 cm³/mol. The summed E-state index contributed by atoms with van der Waals surface area (Å²) in [6.07, 6.45) is 0.0613. The minimum absolute atomic E-state index is 0.138. The minimum atomic E-state index is -0.765. The number of ether oxygens (including phenoxy) is 6. The van der Waals surface area contributed by atoms with Crippen LogP contribution in [0.5, 0.6) is 23.0 Å². The monoisotopic (exact) mass is 640 g/mol. The van der Waals surface area contributed by atoms with Crippen LogP contribution < -0.4 is 18.9 Å². The highest BCUT2D eigenvalue weighted by atomic mass is 16.6. The van der Waals surface area contributed by atoms with Gasteiger partial charge in [-0.25, -0.2) is 0 Å². The first-order valence-electron chi connectivity index (χ1n) is 16.3. The highest BCUT2D eigenvalue weighted by Gasteiger charge is 2.25. The van der Waals surface area contributed by atoms with Crippen molar-refractivity contribution in [1.29, 1.82) is 0 Å². The van der Waals surface area contributed by atoms with Crippen LogP contribution in [0.1, 0.15) is 56.9 Å². The van der Waals surface area contributed by atoms with Crippen LogP contribution in [0.25, 0.3) is 0 Å². The van der Waals surface area contributed by atoms with Crippen LogP contribution in [0, 0.1) is 0 Å². The molecule has 2 aliphatic heterocycles. The van der Waals surface area contributed by atoms with Crippen molar-refractivity contribution < 1.29 is 33.5 Å². The number of hydrogen-bond donors (Lipinski definition) is 1. The molecule has 47 heavy (non-hydrogen) atoms. The van der Waals surface area contributed by atoms with E-state index in [4.69, 9.17) is 28.4 Å². The number of rotatable bonds is 14. The third-order valence-corrected chi connectivity index (χ3v) is 8.76. The fourth-order valence-corrected chi connectivity index (χ4v) is 5.13. The lowest BCUT2D eigenvalue weighted by Gasteiger charge is -2.26. The molecule has 0 amide bonds. The molecule has 1 N–H and O–H groups in total. The van der Waals surface area contributed by atoms with Gasteiger partial charge in [-0.2, -0.15) is 0 Å². The summed E-state index contributed by atoms with van der Waals surface area (Å²) in [6.45, 7) is 13.5. The standard InChI is InChI=1S/C37H42O6.C3H6O/c1-36(2,26-6-14-31(39-5)15-7-26)27-8-16-32(17-9-27)40-22-30(38)23-41-33-18-10-28(11-19-33)37(3,4)29-12-20-34(21-13-29)42-24-35-25-43-35;1-3-2-4-3/h6-21,30,35,38H,22-25H2,1-5H3;3H,2H2,1H3. The van der Waals surface area contributed by atoms with E-state index >= 15 is 0 Å². The Morgan fingerprint density at radius 2 is 0.915 bits per heavy atom. The van der Waals surface area contributed by atoms with Gasteiger partial charge in [-0.3, -0.25) is 0 Å². The molecule has 2 saturated heterocycles. The van der Waals surface area contributed by atoms with Crippen LogP contribution in [0.4, 0.5) is 0 Å². The quantitative estimate of drug-likeness (QED) is 0.144. The lowest BCUT2D eigenvalue weighted by molar-refractivity contribution is 0.0626. The summed E-state index contributed by atoms with van der Waals surface area (Å²) >= 11 is 0. The molecule has 2 aliphatic rings. The Bertz CT molecular complexity index is 1520. The van der Waals surface area contributed by atoms with Gasteiger partial charge in [-0.15, -0.1) is 0 Å². The van der Waals surface area contributed by atoms with E-state index in [2.05, 4.69) is 83.1 Å². The Morgan fingerprint density at radius 1 is 0.596 bits per heavy atom. The molecule has 250 valence electrons. The first kappa shape index (κ1) is 34.3. The highest BCUT2D eigenvalue weighted by molar-refractivity contribution is 5.43. The average molecular weight is 641 g/mol. The fraction of sp³-hybridized carbons (Fsp3) is 0.400. The molecule has 0 spiro atoms. The van der Waals surface area contributed by atoms with Gasteiger partial charge < -0.3 is 33.5 Å². The van der Waals surface area contributed by atoms with Crippen molar-refractivity contribution in [2.75, 3.05) is 40.1 Å². The third kappa shape index (κ3) is 9.74. The highest BCUT2D eigenvalue weighted by Crippen LogP contribution is 2.35. The fourth-order valence-electron chi connectivity index (χ4n) is 5.13. The number of hydrogen-bond acceptors (Lipinski definition) is 7. The number of benzene rings is 4. The summed E-state index contributed by atoms with van der Waals surface area (Å²) in [5, 5.41) is 10.5. The van der Waals surface area contributed by atoms with E-state index < -0.39 is 6.10 Å². The summed E-state index contributed by atoms with van der Waals surface area (Å²) in [5.41, 5.74) is 4.37. The second kappa shape index (κ2) is 15.2. The lowest BCUT2D eigenvalue weighted by Crippen LogP contribution is -2.25. The summed E-state index contributed by atoms with van der Waals surface area (Å²) in [4.78, 5) is 0. The zero-order valence-electron chi connectivity index (χ0n) is 28.4. The van der Waals surface area contributed by atoms with Crippen molar-refractivity contribution in [3.05, 3.63) is 119 Å². The smallest absolute Gasteiger partial charge is 0.122 e. The van der Waals surface area contributed by atoms with E-state index in [0.29, 0.717) is 24.2 Å². The zero-order valence-corrected chi connectivity index (χ0v) is 28.4. The number of methoxy groups -OCH3 is 1. The molecule has 7 heteroatoms. The van der Waals surface area contributed by atoms with Crippen LogP contribution in [0.2, 0.25) is 0 Å². The minimum Gasteiger partial charge on any atom is -0.497 e. The first-order chi connectivity index (χ1) is 22.5. The van der Waals surface area contributed by atoms with Crippen molar-refractivity contribution in [2.45, 2.75) is 63.8 Å². The van der Waals surface area contributed by atoms with Gasteiger partial charge in [0, 0.05) is 10.8 Å². The molecule has 0 aromatic heterocycles. The maximum absolute atomic E-state index is 10.5. The van der Waals surface area contributed by atoms with E-state index in [9.17, 15) is 5.11 Å². The van der Waals surface area contributed by atoms with Gasteiger partial charge in [0.2, 0.25) is 0 Å². The van der Waals surface area contributed by atoms with E-state index in [1.54, 1.807) is 7.11 Å². The SMILES string of the molecule is CC1CO1.COc1ccc(C(C)(C)c2ccc(OCC(O)COc3ccc(C(C)(C)c4ccc(OCC5CO5)cc4)cc3)cc2)cc1. The molecule has 0 saturated carbocycles. The largest absolute Gasteiger partial charge is 0.497 e. The molecule has 3 unspecified atom stereocenters. The van der Waals surface area contributed by atoms with Crippen molar-refractivity contribution in [3.8, 4) is 23.0 Å². The predicted octanol–water partition coefficient (Wildman–Crippen LogP) is 7.35. The molecular formula is C40H48O7. The molecular weight excluding hydrogens is 592 g/mol. The third-order valence-electron chi connectivity index (χ3n) is 8.76. The summed E-state index contributed by atoms with van der Waals surface area (Å²) < 4.78 is 32.7. The topological polar surface area (TPSA) is 82.2 Å².